The maximum atomic E-state index is 12.1. The number of anilines is 1. The molecule has 5 nitrogen and oxygen atoms in total. The first kappa shape index (κ1) is 14.7. The first-order valence-corrected chi connectivity index (χ1v) is 7.01. The van der Waals surface area contributed by atoms with Crippen molar-refractivity contribution in [3.63, 3.8) is 0 Å². The van der Waals surface area contributed by atoms with Gasteiger partial charge >= 0.3 is 6.03 Å². The molecule has 108 valence electrons. The van der Waals surface area contributed by atoms with Gasteiger partial charge in [-0.05, 0) is 31.0 Å². The van der Waals surface area contributed by atoms with E-state index in [9.17, 15) is 9.59 Å². The second-order valence-corrected chi connectivity index (χ2v) is 5.25. The van der Waals surface area contributed by atoms with E-state index in [0.717, 1.165) is 0 Å². The van der Waals surface area contributed by atoms with Gasteiger partial charge in [0.2, 0.25) is 5.91 Å². The average Bonchev–Trinajstić information content (AvgIpc) is 2.46. The number of likely N-dealkylation sites (tertiary alicyclic amines) is 1. The SMILES string of the molecule is CNC(=O)C1CCN(C(=O)Nc2cccc(Cl)c2)CC1. The number of carbonyl (C=O) groups is 2. The maximum Gasteiger partial charge on any atom is 0.321 e. The number of urea groups is 1. The van der Waals surface area contributed by atoms with Crippen molar-refractivity contribution in [3.05, 3.63) is 29.3 Å². The van der Waals surface area contributed by atoms with E-state index in [1.54, 1.807) is 36.2 Å². The minimum absolute atomic E-state index is 0.00946. The highest BCUT2D eigenvalue weighted by atomic mass is 35.5. The van der Waals surface area contributed by atoms with Crippen LogP contribution in [0.15, 0.2) is 24.3 Å². The van der Waals surface area contributed by atoms with E-state index in [4.69, 9.17) is 11.6 Å². The van der Waals surface area contributed by atoms with Crippen molar-refractivity contribution in [1.82, 2.24) is 10.2 Å². The molecule has 1 heterocycles. The van der Waals surface area contributed by atoms with Crippen LogP contribution in [0.4, 0.5) is 10.5 Å². The third-order valence-electron chi connectivity index (χ3n) is 3.48. The normalized spacial score (nSPS) is 15.8. The Morgan fingerprint density at radius 3 is 2.60 bits per heavy atom. The molecule has 2 N–H and O–H groups in total. The standard InChI is InChI=1S/C14H18ClN3O2/c1-16-13(19)10-5-7-18(8-6-10)14(20)17-12-4-2-3-11(15)9-12/h2-4,9-10H,5-8H2,1H3,(H,16,19)(H,17,20). The average molecular weight is 296 g/mol. The van der Waals surface area contributed by atoms with E-state index < -0.39 is 0 Å². The summed E-state index contributed by atoms with van der Waals surface area (Å²) in [6.07, 6.45) is 1.39. The second-order valence-electron chi connectivity index (χ2n) is 4.82. The van der Waals surface area contributed by atoms with Gasteiger partial charge in [0.05, 0.1) is 0 Å². The lowest BCUT2D eigenvalue weighted by atomic mass is 9.96. The quantitative estimate of drug-likeness (QED) is 0.879. The molecule has 1 fully saturated rings. The van der Waals surface area contributed by atoms with Gasteiger partial charge in [0.1, 0.15) is 0 Å². The molecule has 1 aliphatic rings. The van der Waals surface area contributed by atoms with Crippen LogP contribution in [0.25, 0.3) is 0 Å². The number of hydrogen-bond acceptors (Lipinski definition) is 2. The zero-order valence-corrected chi connectivity index (χ0v) is 12.1. The molecule has 0 atom stereocenters. The molecule has 6 heteroatoms. The fraction of sp³-hybridized carbons (Fsp3) is 0.429. The zero-order chi connectivity index (χ0) is 14.5. The number of halogens is 1. The van der Waals surface area contributed by atoms with Crippen LogP contribution < -0.4 is 10.6 Å². The van der Waals surface area contributed by atoms with E-state index in [2.05, 4.69) is 10.6 Å². The topological polar surface area (TPSA) is 61.4 Å². The van der Waals surface area contributed by atoms with Crippen LogP contribution in [0.2, 0.25) is 5.02 Å². The van der Waals surface area contributed by atoms with Gasteiger partial charge in [0.15, 0.2) is 0 Å². The highest BCUT2D eigenvalue weighted by Crippen LogP contribution is 2.19. The van der Waals surface area contributed by atoms with Crippen LogP contribution in [0.3, 0.4) is 0 Å². The fourth-order valence-electron chi connectivity index (χ4n) is 2.32. The molecule has 1 aromatic rings. The van der Waals surface area contributed by atoms with Crippen LogP contribution >= 0.6 is 11.6 Å². The summed E-state index contributed by atoms with van der Waals surface area (Å²) in [6.45, 7) is 1.18. The van der Waals surface area contributed by atoms with Crippen LogP contribution in [-0.4, -0.2) is 37.0 Å². The summed E-state index contributed by atoms with van der Waals surface area (Å²) in [4.78, 5) is 25.3. The molecule has 0 radical (unpaired) electrons. The van der Waals surface area contributed by atoms with Crippen molar-refractivity contribution in [2.45, 2.75) is 12.8 Å². The summed E-state index contributed by atoms with van der Waals surface area (Å²) in [6, 6.07) is 6.89. The second kappa shape index (κ2) is 6.61. The van der Waals surface area contributed by atoms with Crippen LogP contribution in [0.1, 0.15) is 12.8 Å². The monoisotopic (exact) mass is 295 g/mol. The van der Waals surface area contributed by atoms with Crippen molar-refractivity contribution in [3.8, 4) is 0 Å². The van der Waals surface area contributed by atoms with E-state index in [-0.39, 0.29) is 17.9 Å². The number of carbonyl (C=O) groups excluding carboxylic acids is 2. The molecule has 1 aromatic carbocycles. The smallest absolute Gasteiger partial charge is 0.321 e. The molecule has 2 rings (SSSR count). The van der Waals surface area contributed by atoms with Gasteiger partial charge in [0, 0.05) is 36.8 Å². The van der Waals surface area contributed by atoms with Crippen molar-refractivity contribution in [2.75, 3.05) is 25.5 Å². The molecular weight excluding hydrogens is 278 g/mol. The number of rotatable bonds is 2. The number of piperidine rings is 1. The largest absolute Gasteiger partial charge is 0.359 e. The zero-order valence-electron chi connectivity index (χ0n) is 11.4. The van der Waals surface area contributed by atoms with Gasteiger partial charge in [0.25, 0.3) is 0 Å². The molecular formula is C14H18ClN3O2. The maximum absolute atomic E-state index is 12.1. The summed E-state index contributed by atoms with van der Waals surface area (Å²) in [7, 11) is 1.64. The van der Waals surface area contributed by atoms with Gasteiger partial charge in [-0.15, -0.1) is 0 Å². The van der Waals surface area contributed by atoms with E-state index in [1.165, 1.54) is 0 Å². The lowest BCUT2D eigenvalue weighted by molar-refractivity contribution is -0.125. The fourth-order valence-corrected chi connectivity index (χ4v) is 2.51. The molecule has 0 bridgehead atoms. The molecule has 0 unspecified atom stereocenters. The Morgan fingerprint density at radius 1 is 1.30 bits per heavy atom. The summed E-state index contributed by atoms with van der Waals surface area (Å²) in [5, 5.41) is 6.05. The minimum atomic E-state index is -0.150. The van der Waals surface area contributed by atoms with Gasteiger partial charge in [-0.1, -0.05) is 17.7 Å². The van der Waals surface area contributed by atoms with Crippen LogP contribution in [0.5, 0.6) is 0 Å². The Balaban J connectivity index is 1.87. The third-order valence-corrected chi connectivity index (χ3v) is 3.71. The van der Waals surface area contributed by atoms with E-state index in [0.29, 0.717) is 36.6 Å². The lowest BCUT2D eigenvalue weighted by Gasteiger charge is -2.31. The highest BCUT2D eigenvalue weighted by Gasteiger charge is 2.26. The summed E-state index contributed by atoms with van der Waals surface area (Å²) in [5.41, 5.74) is 0.677. The molecule has 20 heavy (non-hydrogen) atoms. The van der Waals surface area contributed by atoms with Crippen molar-refractivity contribution in [1.29, 1.82) is 0 Å². The summed E-state index contributed by atoms with van der Waals surface area (Å²) >= 11 is 5.87. The number of hydrogen-bond donors (Lipinski definition) is 2. The molecule has 3 amide bonds. The molecule has 0 aliphatic carbocycles. The Bertz CT molecular complexity index is 499. The van der Waals surface area contributed by atoms with Gasteiger partial charge in [-0.3, -0.25) is 4.79 Å². The van der Waals surface area contributed by atoms with Crippen LogP contribution in [-0.2, 0) is 4.79 Å². The Hall–Kier alpha value is -1.75. The number of nitrogens with zero attached hydrogens (tertiary/aromatic N) is 1. The number of benzene rings is 1. The minimum Gasteiger partial charge on any atom is -0.359 e. The van der Waals surface area contributed by atoms with Crippen molar-refractivity contribution >= 4 is 29.2 Å². The molecule has 0 aromatic heterocycles. The van der Waals surface area contributed by atoms with E-state index >= 15 is 0 Å². The third kappa shape index (κ3) is 3.63. The van der Waals surface area contributed by atoms with Gasteiger partial charge in [-0.2, -0.15) is 0 Å². The number of amides is 3. The first-order valence-electron chi connectivity index (χ1n) is 6.63. The predicted octanol–water partition coefficient (Wildman–Crippen LogP) is 2.33. The Labute approximate surface area is 123 Å². The molecule has 0 spiro atoms. The van der Waals surface area contributed by atoms with Gasteiger partial charge in [-0.25, -0.2) is 4.79 Å². The molecule has 0 saturated carbocycles. The summed E-state index contributed by atoms with van der Waals surface area (Å²) < 4.78 is 0. The molecule has 1 aliphatic heterocycles. The Kier molecular flexibility index (Phi) is 4.84. The summed E-state index contributed by atoms with van der Waals surface area (Å²) in [5.74, 6) is 0.0649. The Morgan fingerprint density at radius 2 is 2.00 bits per heavy atom. The lowest BCUT2D eigenvalue weighted by Crippen LogP contribution is -2.44. The number of nitrogens with one attached hydrogen (secondary N) is 2. The predicted molar refractivity (Wildman–Crippen MR) is 78.8 cm³/mol. The van der Waals surface area contributed by atoms with Crippen LogP contribution in [0, 0.1) is 5.92 Å². The molecule has 1 saturated heterocycles. The van der Waals surface area contributed by atoms with Crippen molar-refractivity contribution in [2.24, 2.45) is 5.92 Å². The van der Waals surface area contributed by atoms with E-state index in [1.807, 2.05) is 0 Å². The highest BCUT2D eigenvalue weighted by molar-refractivity contribution is 6.30. The van der Waals surface area contributed by atoms with Gasteiger partial charge < -0.3 is 15.5 Å². The first-order chi connectivity index (χ1) is 9.60. The van der Waals surface area contributed by atoms with Crippen molar-refractivity contribution < 1.29 is 9.59 Å².